The second-order valence-electron chi connectivity index (χ2n) is 6.31. The number of aliphatic hydroxyl groups excluding tert-OH is 1. The van der Waals surface area contributed by atoms with Crippen LogP contribution in [0.25, 0.3) is 22.0 Å². The molecule has 0 aliphatic carbocycles. The van der Waals surface area contributed by atoms with Crippen molar-refractivity contribution in [3.8, 4) is 11.3 Å². The highest BCUT2D eigenvalue weighted by atomic mass is 19.1. The number of aromatic nitrogens is 2. The highest BCUT2D eigenvalue weighted by Crippen LogP contribution is 2.25. The zero-order chi connectivity index (χ0) is 18.8. The van der Waals surface area contributed by atoms with Crippen LogP contribution in [0.4, 0.5) is 4.39 Å². The quantitative estimate of drug-likeness (QED) is 0.600. The van der Waals surface area contributed by atoms with Crippen LogP contribution < -0.4 is 5.56 Å². The molecule has 0 amide bonds. The molecule has 4 aromatic rings. The lowest BCUT2D eigenvalue weighted by molar-refractivity contribution is 0.150. The van der Waals surface area contributed by atoms with E-state index in [9.17, 15) is 14.3 Å². The van der Waals surface area contributed by atoms with Crippen molar-refractivity contribution in [1.82, 2.24) is 9.78 Å². The Bertz CT molecular complexity index is 1140. The smallest absolute Gasteiger partial charge is 0.274 e. The van der Waals surface area contributed by atoms with Gasteiger partial charge in [-0.1, -0.05) is 48.5 Å². The lowest BCUT2D eigenvalue weighted by atomic mass is 10.0. The van der Waals surface area contributed by atoms with Crippen molar-refractivity contribution < 1.29 is 9.50 Å². The number of aliphatic hydroxyl groups is 1. The van der Waals surface area contributed by atoms with Gasteiger partial charge in [-0.15, -0.1) is 0 Å². The number of hydrogen-bond donors (Lipinski definition) is 1. The Morgan fingerprint density at radius 3 is 2.22 bits per heavy atom. The molecule has 0 saturated carbocycles. The van der Waals surface area contributed by atoms with E-state index in [2.05, 4.69) is 5.10 Å². The molecule has 1 N–H and O–H groups in total. The Kier molecular flexibility index (Phi) is 4.52. The highest BCUT2D eigenvalue weighted by molar-refractivity contribution is 5.93. The molecule has 0 aliphatic rings. The molecule has 1 atom stereocenters. The number of benzene rings is 3. The molecule has 0 bridgehead atoms. The molecule has 4 nitrogen and oxygen atoms in total. The van der Waals surface area contributed by atoms with E-state index in [4.69, 9.17) is 0 Å². The van der Waals surface area contributed by atoms with Gasteiger partial charge in [-0.25, -0.2) is 9.07 Å². The second-order valence-corrected chi connectivity index (χ2v) is 6.31. The van der Waals surface area contributed by atoms with E-state index in [1.807, 2.05) is 30.3 Å². The number of hydrogen-bond acceptors (Lipinski definition) is 3. The van der Waals surface area contributed by atoms with Gasteiger partial charge in [0, 0.05) is 10.9 Å². The number of nitrogens with zero attached hydrogens (tertiary/aromatic N) is 2. The van der Waals surface area contributed by atoms with Crippen molar-refractivity contribution in [2.45, 2.75) is 12.6 Å². The van der Waals surface area contributed by atoms with Gasteiger partial charge < -0.3 is 5.11 Å². The number of rotatable bonds is 4. The van der Waals surface area contributed by atoms with Crippen LogP contribution in [0.2, 0.25) is 0 Å². The summed E-state index contributed by atoms with van der Waals surface area (Å²) in [5.41, 5.74) is 1.72. The van der Waals surface area contributed by atoms with Crippen LogP contribution in [0.1, 0.15) is 11.7 Å². The Labute approximate surface area is 155 Å². The minimum atomic E-state index is -0.862. The molecule has 0 spiro atoms. The predicted octanol–water partition coefficient (Wildman–Crippen LogP) is 3.94. The molecular weight excluding hydrogens is 343 g/mol. The molecular formula is C22H17FN2O2. The summed E-state index contributed by atoms with van der Waals surface area (Å²) in [6, 6.07) is 22.3. The monoisotopic (exact) mass is 360 g/mol. The minimum absolute atomic E-state index is 0.0296. The van der Waals surface area contributed by atoms with E-state index < -0.39 is 6.10 Å². The first-order chi connectivity index (χ1) is 13.1. The van der Waals surface area contributed by atoms with Gasteiger partial charge >= 0.3 is 0 Å². The molecule has 0 fully saturated rings. The standard InChI is InChI=1S/C22H17FN2O2/c23-17-12-10-16(11-13-17)21-18-8-4-5-9-19(18)22(27)25(24-21)14-20(26)15-6-2-1-3-7-15/h1-13,20,26H,14H2/t20-/m0/s1. The Morgan fingerprint density at radius 2 is 1.52 bits per heavy atom. The first-order valence-electron chi connectivity index (χ1n) is 8.62. The van der Waals surface area contributed by atoms with Crippen molar-refractivity contribution in [3.05, 3.63) is 101 Å². The van der Waals surface area contributed by atoms with E-state index >= 15 is 0 Å². The normalized spacial score (nSPS) is 12.2. The van der Waals surface area contributed by atoms with E-state index in [0.717, 1.165) is 0 Å². The average Bonchev–Trinajstić information content (AvgIpc) is 2.71. The SMILES string of the molecule is O=c1c2ccccc2c(-c2ccc(F)cc2)nn1C[C@H](O)c1ccccc1. The highest BCUT2D eigenvalue weighted by Gasteiger charge is 2.15. The Balaban J connectivity index is 1.85. The van der Waals surface area contributed by atoms with Crippen LogP contribution in [-0.4, -0.2) is 14.9 Å². The van der Waals surface area contributed by atoms with E-state index in [1.165, 1.54) is 16.8 Å². The van der Waals surface area contributed by atoms with E-state index in [0.29, 0.717) is 27.6 Å². The Morgan fingerprint density at radius 1 is 0.889 bits per heavy atom. The van der Waals surface area contributed by atoms with Crippen LogP contribution in [0.3, 0.4) is 0 Å². The zero-order valence-electron chi connectivity index (χ0n) is 14.4. The van der Waals surface area contributed by atoms with Crippen LogP contribution in [0.15, 0.2) is 83.7 Å². The lowest BCUT2D eigenvalue weighted by Gasteiger charge is -2.15. The zero-order valence-corrected chi connectivity index (χ0v) is 14.4. The third-order valence-corrected chi connectivity index (χ3v) is 4.52. The maximum Gasteiger partial charge on any atom is 0.274 e. The maximum absolute atomic E-state index is 13.3. The van der Waals surface area contributed by atoms with Gasteiger partial charge in [-0.05, 0) is 35.9 Å². The van der Waals surface area contributed by atoms with Gasteiger partial charge in [0.15, 0.2) is 0 Å². The van der Waals surface area contributed by atoms with Crippen LogP contribution in [-0.2, 0) is 6.54 Å². The molecule has 0 aliphatic heterocycles. The molecule has 4 rings (SSSR count). The largest absolute Gasteiger partial charge is 0.386 e. The van der Waals surface area contributed by atoms with Crippen LogP contribution in [0.5, 0.6) is 0 Å². The number of halogens is 1. The van der Waals surface area contributed by atoms with Gasteiger partial charge in [0.2, 0.25) is 0 Å². The molecule has 0 unspecified atom stereocenters. The van der Waals surface area contributed by atoms with Crippen LogP contribution in [0, 0.1) is 5.82 Å². The second kappa shape index (κ2) is 7.13. The van der Waals surface area contributed by atoms with Crippen molar-refractivity contribution in [1.29, 1.82) is 0 Å². The third-order valence-electron chi connectivity index (χ3n) is 4.52. The lowest BCUT2D eigenvalue weighted by Crippen LogP contribution is -2.26. The van der Waals surface area contributed by atoms with Crippen molar-refractivity contribution in [2.75, 3.05) is 0 Å². The summed E-state index contributed by atoms with van der Waals surface area (Å²) in [7, 11) is 0. The number of fused-ring (bicyclic) bond motifs is 1. The van der Waals surface area contributed by atoms with Gasteiger partial charge in [0.05, 0.1) is 23.7 Å². The predicted molar refractivity (Wildman–Crippen MR) is 103 cm³/mol. The first kappa shape index (κ1) is 17.1. The summed E-state index contributed by atoms with van der Waals surface area (Å²) in [4.78, 5) is 12.9. The maximum atomic E-state index is 13.3. The molecule has 134 valence electrons. The molecule has 0 saturated heterocycles. The minimum Gasteiger partial charge on any atom is -0.386 e. The molecule has 1 aromatic heterocycles. The van der Waals surface area contributed by atoms with Gasteiger partial charge in [-0.3, -0.25) is 4.79 Å². The summed E-state index contributed by atoms with van der Waals surface area (Å²) in [5, 5.41) is 16.2. The fraction of sp³-hybridized carbons (Fsp3) is 0.0909. The fourth-order valence-corrected chi connectivity index (χ4v) is 3.12. The molecule has 0 radical (unpaired) electrons. The van der Waals surface area contributed by atoms with Crippen molar-refractivity contribution >= 4 is 10.8 Å². The van der Waals surface area contributed by atoms with Gasteiger partial charge in [0.25, 0.3) is 5.56 Å². The summed E-state index contributed by atoms with van der Waals surface area (Å²) < 4.78 is 14.6. The molecule has 5 heteroatoms. The third kappa shape index (κ3) is 3.37. The summed E-state index contributed by atoms with van der Waals surface area (Å²) in [6.45, 7) is 0.0296. The average molecular weight is 360 g/mol. The molecule has 1 heterocycles. The summed E-state index contributed by atoms with van der Waals surface area (Å²) >= 11 is 0. The van der Waals surface area contributed by atoms with Crippen molar-refractivity contribution in [2.24, 2.45) is 0 Å². The van der Waals surface area contributed by atoms with Crippen molar-refractivity contribution in [3.63, 3.8) is 0 Å². The van der Waals surface area contributed by atoms with E-state index in [-0.39, 0.29) is 17.9 Å². The Hall–Kier alpha value is -3.31. The van der Waals surface area contributed by atoms with Gasteiger partial charge in [-0.2, -0.15) is 5.10 Å². The molecule has 27 heavy (non-hydrogen) atoms. The first-order valence-corrected chi connectivity index (χ1v) is 8.62. The summed E-state index contributed by atoms with van der Waals surface area (Å²) in [5.74, 6) is -0.337. The van der Waals surface area contributed by atoms with Crippen LogP contribution >= 0.6 is 0 Å². The molecule has 3 aromatic carbocycles. The van der Waals surface area contributed by atoms with Gasteiger partial charge in [0.1, 0.15) is 5.82 Å². The fourth-order valence-electron chi connectivity index (χ4n) is 3.12. The topological polar surface area (TPSA) is 55.1 Å². The summed E-state index contributed by atoms with van der Waals surface area (Å²) in [6.07, 6.45) is -0.862. The van der Waals surface area contributed by atoms with E-state index in [1.54, 1.807) is 36.4 Å².